The smallest absolute Gasteiger partial charge is 0.287 e. The van der Waals surface area contributed by atoms with E-state index >= 15 is 0 Å². The van der Waals surface area contributed by atoms with Crippen molar-refractivity contribution in [1.29, 1.82) is 0 Å². The molecule has 3 fully saturated rings. The molecule has 3 saturated heterocycles. The zero-order valence-electron chi connectivity index (χ0n) is 16.5. The molecule has 0 aliphatic carbocycles. The highest BCUT2D eigenvalue weighted by atomic mass is 35.5. The molecule has 0 radical (unpaired) electrons. The van der Waals surface area contributed by atoms with Gasteiger partial charge in [-0.1, -0.05) is 29.8 Å². The first kappa shape index (κ1) is 19.7. The fourth-order valence-electron chi connectivity index (χ4n) is 4.13. The Balaban J connectivity index is 1.33. The molecule has 1 aromatic heterocycles. The average molecular weight is 418 g/mol. The molecule has 154 valence electrons. The Morgan fingerprint density at radius 1 is 1.31 bits per heavy atom. The number of anilines is 1. The first-order valence-corrected chi connectivity index (χ1v) is 9.96. The first-order chi connectivity index (χ1) is 14.0. The lowest BCUT2D eigenvalue weighted by atomic mass is 9.87. The third kappa shape index (κ3) is 3.82. The second-order valence-corrected chi connectivity index (χ2v) is 7.86. The molecule has 29 heavy (non-hydrogen) atoms. The van der Waals surface area contributed by atoms with Crippen LogP contribution in [0.3, 0.4) is 0 Å². The molecular weight excluding hydrogens is 394 g/mol. The molecule has 3 aliphatic rings. The molecule has 5 rings (SSSR count). The number of methoxy groups -OCH3 is 1. The predicted octanol–water partition coefficient (Wildman–Crippen LogP) is 1.02. The van der Waals surface area contributed by atoms with Crippen molar-refractivity contribution in [3.8, 4) is 5.75 Å². The third-order valence-electron chi connectivity index (χ3n) is 5.74. The SMILES string of the molecule is COc1ccccc1CNC(=O)CN1C2CC1CN(c1cnn(C)c(=O)c1Cl)C2. The van der Waals surface area contributed by atoms with E-state index < -0.39 is 0 Å². The summed E-state index contributed by atoms with van der Waals surface area (Å²) in [4.78, 5) is 28.8. The predicted molar refractivity (Wildman–Crippen MR) is 110 cm³/mol. The first-order valence-electron chi connectivity index (χ1n) is 9.59. The van der Waals surface area contributed by atoms with Gasteiger partial charge in [-0.25, -0.2) is 4.68 Å². The van der Waals surface area contributed by atoms with E-state index in [0.29, 0.717) is 18.8 Å². The van der Waals surface area contributed by atoms with Crippen LogP contribution >= 0.6 is 11.6 Å². The molecular formula is C20H24ClN5O3. The number of hydrogen-bond donors (Lipinski definition) is 1. The van der Waals surface area contributed by atoms with Crippen molar-refractivity contribution in [1.82, 2.24) is 20.0 Å². The second kappa shape index (κ2) is 8.04. The van der Waals surface area contributed by atoms with E-state index in [0.717, 1.165) is 30.8 Å². The van der Waals surface area contributed by atoms with E-state index in [1.54, 1.807) is 20.4 Å². The maximum Gasteiger partial charge on any atom is 0.287 e. The Kier molecular flexibility index (Phi) is 5.47. The Morgan fingerprint density at radius 3 is 2.76 bits per heavy atom. The van der Waals surface area contributed by atoms with Crippen molar-refractivity contribution in [3.05, 3.63) is 51.4 Å². The maximum absolute atomic E-state index is 12.5. The number of carbonyl (C=O) groups excluding carboxylic acids is 1. The van der Waals surface area contributed by atoms with Crippen LogP contribution < -0.4 is 20.5 Å². The summed E-state index contributed by atoms with van der Waals surface area (Å²) in [6, 6.07) is 8.19. The van der Waals surface area contributed by atoms with E-state index in [1.807, 2.05) is 24.3 Å². The molecule has 0 spiro atoms. The molecule has 2 unspecified atom stereocenters. The van der Waals surface area contributed by atoms with Crippen molar-refractivity contribution in [2.75, 3.05) is 31.6 Å². The third-order valence-corrected chi connectivity index (χ3v) is 6.09. The molecule has 1 amide bonds. The molecule has 0 saturated carbocycles. The van der Waals surface area contributed by atoms with Crippen LogP contribution in [0.2, 0.25) is 5.02 Å². The van der Waals surface area contributed by atoms with Crippen LogP contribution in [0.15, 0.2) is 35.3 Å². The Labute approximate surface area is 174 Å². The van der Waals surface area contributed by atoms with Crippen molar-refractivity contribution in [3.63, 3.8) is 0 Å². The number of para-hydroxylation sites is 1. The number of nitrogens with zero attached hydrogens (tertiary/aromatic N) is 4. The van der Waals surface area contributed by atoms with Crippen molar-refractivity contribution in [2.24, 2.45) is 7.05 Å². The standard InChI is InChI=1S/C20H24ClN5O3/c1-24-20(28)19(21)16(9-23-24)25-10-14-7-15(11-25)26(14)12-18(27)22-8-13-5-3-4-6-17(13)29-2/h3-6,9,14-15H,7-8,10-12H2,1-2H3,(H,22,27). The van der Waals surface area contributed by atoms with Crippen molar-refractivity contribution >= 4 is 23.2 Å². The number of rotatable bonds is 6. The molecule has 9 heteroatoms. The van der Waals surface area contributed by atoms with Gasteiger partial charge in [0.15, 0.2) is 0 Å². The highest BCUT2D eigenvalue weighted by Crippen LogP contribution is 2.35. The van der Waals surface area contributed by atoms with Crippen LogP contribution in [0.5, 0.6) is 5.75 Å². The largest absolute Gasteiger partial charge is 0.496 e. The molecule has 1 aromatic carbocycles. The van der Waals surface area contributed by atoms with E-state index in [4.69, 9.17) is 16.3 Å². The molecule has 2 bridgehead atoms. The van der Waals surface area contributed by atoms with Gasteiger partial charge in [0, 0.05) is 44.3 Å². The Morgan fingerprint density at radius 2 is 2.03 bits per heavy atom. The summed E-state index contributed by atoms with van der Waals surface area (Å²) in [5.41, 5.74) is 1.33. The number of nitrogens with one attached hydrogen (secondary N) is 1. The summed E-state index contributed by atoms with van der Waals surface area (Å²) in [7, 11) is 3.20. The van der Waals surface area contributed by atoms with Crippen LogP contribution in [0.1, 0.15) is 12.0 Å². The minimum atomic E-state index is -0.295. The van der Waals surface area contributed by atoms with Gasteiger partial charge in [-0.15, -0.1) is 0 Å². The van der Waals surface area contributed by atoms with Crippen molar-refractivity contribution < 1.29 is 9.53 Å². The second-order valence-electron chi connectivity index (χ2n) is 7.48. The Hall–Kier alpha value is -2.58. The quantitative estimate of drug-likeness (QED) is 0.756. The van der Waals surface area contributed by atoms with Gasteiger partial charge >= 0.3 is 0 Å². The number of carbonyl (C=O) groups is 1. The number of aryl methyl sites for hydroxylation is 1. The monoisotopic (exact) mass is 417 g/mol. The highest BCUT2D eigenvalue weighted by molar-refractivity contribution is 6.33. The van der Waals surface area contributed by atoms with Crippen molar-refractivity contribution in [2.45, 2.75) is 25.0 Å². The van der Waals surface area contributed by atoms with Gasteiger partial charge in [-0.2, -0.15) is 5.10 Å². The number of fused-ring (bicyclic) bond motifs is 2. The molecule has 3 aliphatic heterocycles. The van der Waals surface area contributed by atoms with E-state index in [2.05, 4.69) is 20.2 Å². The normalized spacial score (nSPS) is 20.9. The van der Waals surface area contributed by atoms with Gasteiger partial charge in [-0.3, -0.25) is 14.5 Å². The van der Waals surface area contributed by atoms with Gasteiger partial charge in [0.25, 0.3) is 5.56 Å². The van der Waals surface area contributed by atoms with Gasteiger partial charge in [0.2, 0.25) is 5.91 Å². The number of piperazine rings is 1. The number of benzene rings is 1. The van der Waals surface area contributed by atoms with Gasteiger partial charge < -0.3 is 15.0 Å². The zero-order valence-corrected chi connectivity index (χ0v) is 17.2. The number of halogens is 1. The lowest BCUT2D eigenvalue weighted by Gasteiger charge is -2.56. The van der Waals surface area contributed by atoms with Gasteiger partial charge in [0.05, 0.1) is 25.5 Å². The number of piperidine rings is 1. The number of aromatic nitrogens is 2. The molecule has 1 N–H and O–H groups in total. The molecule has 8 nitrogen and oxygen atoms in total. The molecule has 2 aromatic rings. The van der Waals surface area contributed by atoms with Gasteiger partial charge in [-0.05, 0) is 12.5 Å². The molecule has 4 heterocycles. The fourth-order valence-corrected chi connectivity index (χ4v) is 4.42. The highest BCUT2D eigenvalue weighted by Gasteiger charge is 2.45. The maximum atomic E-state index is 12.5. The summed E-state index contributed by atoms with van der Waals surface area (Å²) in [6.45, 7) is 2.25. The van der Waals surface area contributed by atoms with Crippen LogP contribution in [0.4, 0.5) is 5.69 Å². The lowest BCUT2D eigenvalue weighted by Crippen LogP contribution is -2.70. The van der Waals surface area contributed by atoms with Gasteiger partial charge in [0.1, 0.15) is 10.8 Å². The lowest BCUT2D eigenvalue weighted by molar-refractivity contribution is -0.127. The summed E-state index contributed by atoms with van der Waals surface area (Å²) in [5.74, 6) is 0.760. The number of hydrogen-bond acceptors (Lipinski definition) is 6. The zero-order chi connectivity index (χ0) is 20.5. The number of amides is 1. The van der Waals surface area contributed by atoms with Crippen LogP contribution in [-0.2, 0) is 18.4 Å². The van der Waals surface area contributed by atoms with Crippen LogP contribution in [0.25, 0.3) is 0 Å². The number of ether oxygens (including phenoxy) is 1. The fraction of sp³-hybridized carbons (Fsp3) is 0.450. The minimum absolute atomic E-state index is 0.00710. The molecule has 2 atom stereocenters. The summed E-state index contributed by atoms with van der Waals surface area (Å²) >= 11 is 6.24. The van der Waals surface area contributed by atoms with Crippen LogP contribution in [0, 0.1) is 0 Å². The van der Waals surface area contributed by atoms with Crippen LogP contribution in [-0.4, -0.2) is 59.4 Å². The van der Waals surface area contributed by atoms with E-state index in [-0.39, 0.29) is 28.6 Å². The minimum Gasteiger partial charge on any atom is -0.496 e. The topological polar surface area (TPSA) is 79.7 Å². The van der Waals surface area contributed by atoms with E-state index in [9.17, 15) is 9.59 Å². The summed E-state index contributed by atoms with van der Waals surface area (Å²) < 4.78 is 6.56. The summed E-state index contributed by atoms with van der Waals surface area (Å²) in [5, 5.41) is 7.26. The Bertz CT molecular complexity index is 967. The average Bonchev–Trinajstić information content (AvgIpc) is 2.74. The summed E-state index contributed by atoms with van der Waals surface area (Å²) in [6.07, 6.45) is 2.69. The van der Waals surface area contributed by atoms with E-state index in [1.165, 1.54) is 4.68 Å².